The highest BCUT2D eigenvalue weighted by atomic mass is 19.1. The third-order valence-corrected chi connectivity index (χ3v) is 3.13. The van der Waals surface area contributed by atoms with Crippen molar-refractivity contribution in [1.29, 1.82) is 0 Å². The van der Waals surface area contributed by atoms with Gasteiger partial charge in [-0.3, -0.25) is 4.98 Å². The Balaban J connectivity index is 2.14. The summed E-state index contributed by atoms with van der Waals surface area (Å²) < 4.78 is 14.8. The van der Waals surface area contributed by atoms with E-state index in [9.17, 15) is 14.3 Å². The van der Waals surface area contributed by atoms with Crippen molar-refractivity contribution in [3.63, 3.8) is 0 Å². The first-order chi connectivity index (χ1) is 9.65. The highest BCUT2D eigenvalue weighted by Gasteiger charge is 2.14. The average Bonchev–Trinajstić information content (AvgIpc) is 2.78. The van der Waals surface area contributed by atoms with E-state index < -0.39 is 11.8 Å². The smallest absolute Gasteiger partial charge is 0.352 e. The number of pyridine rings is 1. The van der Waals surface area contributed by atoms with Gasteiger partial charge in [0, 0.05) is 17.1 Å². The summed E-state index contributed by atoms with van der Waals surface area (Å²) in [6.07, 6.45) is 2.65. The average molecular weight is 270 g/mol. The second-order valence-corrected chi connectivity index (χ2v) is 4.49. The predicted octanol–water partition coefficient (Wildman–Crippen LogP) is 2.92. The molecule has 0 aliphatic carbocycles. The summed E-state index contributed by atoms with van der Waals surface area (Å²) >= 11 is 0. The Kier molecular flexibility index (Phi) is 2.95. The normalized spacial score (nSPS) is 10.8. The van der Waals surface area contributed by atoms with Gasteiger partial charge in [0.1, 0.15) is 11.5 Å². The standard InChI is InChI=1S/C15H11FN2O2/c16-12-5-10(7-17-8-12)9-18-13-4-2-1-3-11(13)6-14(18)15(19)20/h1-8H,9H2,(H,19,20). The van der Waals surface area contributed by atoms with Crippen molar-refractivity contribution in [3.8, 4) is 0 Å². The lowest BCUT2D eigenvalue weighted by atomic mass is 10.2. The lowest BCUT2D eigenvalue weighted by Crippen LogP contribution is -2.09. The van der Waals surface area contributed by atoms with Crippen molar-refractivity contribution >= 4 is 16.9 Å². The number of nitrogens with zero attached hydrogens (tertiary/aromatic N) is 2. The van der Waals surface area contributed by atoms with Crippen LogP contribution in [0.4, 0.5) is 4.39 Å². The Morgan fingerprint density at radius 3 is 2.80 bits per heavy atom. The van der Waals surface area contributed by atoms with Crippen LogP contribution < -0.4 is 0 Å². The molecular formula is C15H11FN2O2. The Labute approximate surface area is 114 Å². The van der Waals surface area contributed by atoms with Crippen LogP contribution in [-0.2, 0) is 6.54 Å². The van der Waals surface area contributed by atoms with Gasteiger partial charge in [0.05, 0.1) is 12.7 Å². The molecule has 0 aliphatic rings. The van der Waals surface area contributed by atoms with Gasteiger partial charge in [-0.1, -0.05) is 18.2 Å². The lowest BCUT2D eigenvalue weighted by molar-refractivity contribution is 0.0686. The number of hydrogen-bond acceptors (Lipinski definition) is 2. The zero-order chi connectivity index (χ0) is 14.1. The molecule has 20 heavy (non-hydrogen) atoms. The van der Waals surface area contributed by atoms with Crippen LogP contribution in [-0.4, -0.2) is 20.6 Å². The summed E-state index contributed by atoms with van der Waals surface area (Å²) in [5.74, 6) is -1.44. The predicted molar refractivity (Wildman–Crippen MR) is 72.2 cm³/mol. The maximum absolute atomic E-state index is 13.2. The van der Waals surface area contributed by atoms with Crippen molar-refractivity contribution in [2.24, 2.45) is 0 Å². The molecule has 2 aromatic heterocycles. The number of aromatic nitrogens is 2. The van der Waals surface area contributed by atoms with Gasteiger partial charge < -0.3 is 9.67 Å². The largest absolute Gasteiger partial charge is 0.477 e. The zero-order valence-corrected chi connectivity index (χ0v) is 10.5. The van der Waals surface area contributed by atoms with E-state index in [4.69, 9.17) is 0 Å². The number of aromatic carboxylic acids is 1. The summed E-state index contributed by atoms with van der Waals surface area (Å²) in [7, 11) is 0. The van der Waals surface area contributed by atoms with E-state index >= 15 is 0 Å². The number of benzene rings is 1. The molecule has 0 unspecified atom stereocenters. The molecule has 0 saturated heterocycles. The van der Waals surface area contributed by atoms with Crippen LogP contribution in [0.3, 0.4) is 0 Å². The van der Waals surface area contributed by atoms with Crippen LogP contribution in [0.15, 0.2) is 48.8 Å². The topological polar surface area (TPSA) is 55.1 Å². The monoisotopic (exact) mass is 270 g/mol. The van der Waals surface area contributed by atoms with Gasteiger partial charge in [0.15, 0.2) is 0 Å². The quantitative estimate of drug-likeness (QED) is 0.796. The Morgan fingerprint density at radius 2 is 2.05 bits per heavy atom. The van der Waals surface area contributed by atoms with E-state index in [1.54, 1.807) is 10.6 Å². The molecule has 0 amide bonds. The van der Waals surface area contributed by atoms with Crippen LogP contribution in [0, 0.1) is 5.82 Å². The van der Waals surface area contributed by atoms with E-state index in [1.807, 2.05) is 24.3 Å². The molecule has 0 bridgehead atoms. The Bertz CT molecular complexity index is 795. The van der Waals surface area contributed by atoms with Gasteiger partial charge in [0.25, 0.3) is 0 Å². The molecule has 1 aromatic carbocycles. The number of carboxylic acids is 1. The van der Waals surface area contributed by atoms with Gasteiger partial charge in [-0.05, 0) is 23.8 Å². The van der Waals surface area contributed by atoms with Crippen LogP contribution in [0.2, 0.25) is 0 Å². The molecule has 0 saturated carbocycles. The number of para-hydroxylation sites is 1. The maximum Gasteiger partial charge on any atom is 0.352 e. The highest BCUT2D eigenvalue weighted by Crippen LogP contribution is 2.21. The van der Waals surface area contributed by atoms with Gasteiger partial charge in [-0.15, -0.1) is 0 Å². The van der Waals surface area contributed by atoms with Crippen molar-refractivity contribution in [1.82, 2.24) is 9.55 Å². The van der Waals surface area contributed by atoms with E-state index in [0.29, 0.717) is 5.56 Å². The molecule has 1 N–H and O–H groups in total. The van der Waals surface area contributed by atoms with Gasteiger partial charge in [-0.2, -0.15) is 0 Å². The van der Waals surface area contributed by atoms with Gasteiger partial charge in [-0.25, -0.2) is 9.18 Å². The third kappa shape index (κ3) is 2.14. The SMILES string of the molecule is O=C(O)c1cc2ccccc2n1Cc1cncc(F)c1. The fraction of sp³-hybridized carbons (Fsp3) is 0.0667. The van der Waals surface area contributed by atoms with E-state index in [2.05, 4.69) is 4.98 Å². The number of halogens is 1. The molecule has 0 atom stereocenters. The maximum atomic E-state index is 13.2. The van der Waals surface area contributed by atoms with Crippen LogP contribution in [0.25, 0.3) is 10.9 Å². The first-order valence-electron chi connectivity index (χ1n) is 6.06. The highest BCUT2D eigenvalue weighted by molar-refractivity contribution is 5.94. The first-order valence-corrected chi connectivity index (χ1v) is 6.06. The number of carbonyl (C=O) groups is 1. The number of carboxylic acid groups (broad SMARTS) is 1. The van der Waals surface area contributed by atoms with Gasteiger partial charge >= 0.3 is 5.97 Å². The minimum Gasteiger partial charge on any atom is -0.477 e. The molecule has 4 nitrogen and oxygen atoms in total. The molecule has 0 aliphatic heterocycles. The number of fused-ring (bicyclic) bond motifs is 1. The molecule has 3 rings (SSSR count). The second-order valence-electron chi connectivity index (χ2n) is 4.49. The molecular weight excluding hydrogens is 259 g/mol. The minimum atomic E-state index is -1.01. The summed E-state index contributed by atoms with van der Waals surface area (Å²) in [5.41, 5.74) is 1.60. The Hall–Kier alpha value is -2.69. The molecule has 5 heteroatoms. The summed E-state index contributed by atoms with van der Waals surface area (Å²) in [6, 6.07) is 10.4. The number of rotatable bonds is 3. The zero-order valence-electron chi connectivity index (χ0n) is 10.5. The summed E-state index contributed by atoms with van der Waals surface area (Å²) in [4.78, 5) is 15.1. The van der Waals surface area contributed by atoms with E-state index in [1.165, 1.54) is 12.3 Å². The van der Waals surface area contributed by atoms with Crippen LogP contribution in [0.1, 0.15) is 16.1 Å². The molecule has 3 aromatic rings. The van der Waals surface area contributed by atoms with Crippen LogP contribution in [0.5, 0.6) is 0 Å². The van der Waals surface area contributed by atoms with Crippen molar-refractivity contribution in [2.75, 3.05) is 0 Å². The molecule has 100 valence electrons. The second kappa shape index (κ2) is 4.77. The summed E-state index contributed by atoms with van der Waals surface area (Å²) in [6.45, 7) is 0.264. The molecule has 0 fully saturated rings. The molecule has 0 spiro atoms. The number of hydrogen-bond donors (Lipinski definition) is 1. The minimum absolute atomic E-state index is 0.176. The lowest BCUT2D eigenvalue weighted by Gasteiger charge is -2.08. The third-order valence-electron chi connectivity index (χ3n) is 3.13. The fourth-order valence-electron chi connectivity index (χ4n) is 2.28. The van der Waals surface area contributed by atoms with E-state index in [0.717, 1.165) is 17.1 Å². The van der Waals surface area contributed by atoms with Gasteiger partial charge in [0.2, 0.25) is 0 Å². The van der Waals surface area contributed by atoms with Crippen molar-refractivity contribution in [2.45, 2.75) is 6.54 Å². The fourth-order valence-corrected chi connectivity index (χ4v) is 2.28. The Morgan fingerprint density at radius 1 is 1.25 bits per heavy atom. The van der Waals surface area contributed by atoms with Crippen molar-refractivity contribution in [3.05, 3.63) is 65.9 Å². The van der Waals surface area contributed by atoms with E-state index in [-0.39, 0.29) is 12.2 Å². The van der Waals surface area contributed by atoms with Crippen LogP contribution >= 0.6 is 0 Å². The van der Waals surface area contributed by atoms with Crippen molar-refractivity contribution < 1.29 is 14.3 Å². The first kappa shape index (κ1) is 12.3. The molecule has 2 heterocycles. The molecule has 0 radical (unpaired) electrons. The summed E-state index contributed by atoms with van der Waals surface area (Å²) in [5, 5.41) is 10.1.